The standard InChI is InChI=1S/C17H27NO/c1-13-9-15(3)17(10-14(13)2)11-18-7-4-8-19-12-16-5-6-16/h9-10,16,18H,4-8,11-12H2,1-3H3. The molecule has 1 saturated carbocycles. The van der Waals surface area contributed by atoms with E-state index in [2.05, 4.69) is 38.2 Å². The van der Waals surface area contributed by atoms with Crippen molar-refractivity contribution in [1.29, 1.82) is 0 Å². The summed E-state index contributed by atoms with van der Waals surface area (Å²) in [5.41, 5.74) is 5.58. The summed E-state index contributed by atoms with van der Waals surface area (Å²) >= 11 is 0. The number of rotatable bonds is 8. The fourth-order valence-electron chi connectivity index (χ4n) is 2.27. The first-order valence-corrected chi connectivity index (χ1v) is 7.52. The van der Waals surface area contributed by atoms with E-state index in [4.69, 9.17) is 4.74 Å². The van der Waals surface area contributed by atoms with Gasteiger partial charge in [0.25, 0.3) is 0 Å². The number of hydrogen-bond acceptors (Lipinski definition) is 2. The molecule has 2 heteroatoms. The minimum atomic E-state index is 0.881. The van der Waals surface area contributed by atoms with Crippen LogP contribution in [0.1, 0.15) is 41.5 Å². The summed E-state index contributed by atoms with van der Waals surface area (Å²) in [6, 6.07) is 4.59. The maximum absolute atomic E-state index is 5.63. The molecule has 0 spiro atoms. The Labute approximate surface area is 117 Å². The molecule has 1 aliphatic rings. The number of nitrogens with one attached hydrogen (secondary N) is 1. The van der Waals surface area contributed by atoms with Crippen LogP contribution in [0.2, 0.25) is 0 Å². The lowest BCUT2D eigenvalue weighted by molar-refractivity contribution is 0.122. The summed E-state index contributed by atoms with van der Waals surface area (Å²) < 4.78 is 5.63. The molecular formula is C17H27NO. The average molecular weight is 261 g/mol. The molecule has 0 aromatic heterocycles. The maximum Gasteiger partial charge on any atom is 0.0494 e. The number of benzene rings is 1. The highest BCUT2D eigenvalue weighted by atomic mass is 16.5. The predicted molar refractivity (Wildman–Crippen MR) is 80.5 cm³/mol. The Kier molecular flexibility index (Phi) is 5.41. The van der Waals surface area contributed by atoms with Gasteiger partial charge in [0, 0.05) is 19.8 Å². The second-order valence-electron chi connectivity index (χ2n) is 5.91. The smallest absolute Gasteiger partial charge is 0.0494 e. The summed E-state index contributed by atoms with van der Waals surface area (Å²) in [6.45, 7) is 10.4. The molecule has 0 bridgehead atoms. The maximum atomic E-state index is 5.63. The lowest BCUT2D eigenvalue weighted by atomic mass is 10.0. The van der Waals surface area contributed by atoms with E-state index in [-0.39, 0.29) is 0 Å². The van der Waals surface area contributed by atoms with E-state index in [9.17, 15) is 0 Å². The Bertz CT molecular complexity index is 410. The molecule has 0 amide bonds. The first-order valence-electron chi connectivity index (χ1n) is 7.52. The van der Waals surface area contributed by atoms with Crippen LogP contribution in [0.4, 0.5) is 0 Å². The largest absolute Gasteiger partial charge is 0.381 e. The van der Waals surface area contributed by atoms with Gasteiger partial charge in [-0.05, 0) is 74.8 Å². The summed E-state index contributed by atoms with van der Waals surface area (Å²) in [4.78, 5) is 0. The molecular weight excluding hydrogens is 234 g/mol. The third-order valence-corrected chi connectivity index (χ3v) is 3.96. The topological polar surface area (TPSA) is 21.3 Å². The quantitative estimate of drug-likeness (QED) is 0.723. The Morgan fingerprint density at radius 3 is 2.58 bits per heavy atom. The SMILES string of the molecule is Cc1cc(C)c(CNCCCOCC2CC2)cc1C. The highest BCUT2D eigenvalue weighted by molar-refractivity contribution is 5.36. The van der Waals surface area contributed by atoms with E-state index in [1.807, 2.05) is 0 Å². The molecule has 2 rings (SSSR count). The molecule has 1 N–H and O–H groups in total. The minimum Gasteiger partial charge on any atom is -0.381 e. The molecule has 2 nitrogen and oxygen atoms in total. The van der Waals surface area contributed by atoms with Crippen LogP contribution in [-0.2, 0) is 11.3 Å². The molecule has 19 heavy (non-hydrogen) atoms. The van der Waals surface area contributed by atoms with Crippen molar-refractivity contribution in [3.63, 3.8) is 0 Å². The molecule has 0 aliphatic heterocycles. The van der Waals surface area contributed by atoms with E-state index in [0.717, 1.165) is 38.6 Å². The Morgan fingerprint density at radius 1 is 1.11 bits per heavy atom. The van der Waals surface area contributed by atoms with E-state index in [1.54, 1.807) is 0 Å². The zero-order valence-corrected chi connectivity index (χ0v) is 12.6. The zero-order chi connectivity index (χ0) is 13.7. The normalized spacial score (nSPS) is 14.9. The summed E-state index contributed by atoms with van der Waals surface area (Å²) in [6.07, 6.45) is 3.87. The van der Waals surface area contributed by atoms with Crippen molar-refractivity contribution < 1.29 is 4.74 Å². The third-order valence-electron chi connectivity index (χ3n) is 3.96. The van der Waals surface area contributed by atoms with Gasteiger partial charge in [-0.15, -0.1) is 0 Å². The van der Waals surface area contributed by atoms with Crippen LogP contribution >= 0.6 is 0 Å². The Morgan fingerprint density at radius 2 is 1.84 bits per heavy atom. The summed E-state index contributed by atoms with van der Waals surface area (Å²) in [5, 5.41) is 3.51. The van der Waals surface area contributed by atoms with Crippen LogP contribution in [0.25, 0.3) is 0 Å². The molecule has 106 valence electrons. The van der Waals surface area contributed by atoms with Crippen molar-refractivity contribution in [2.45, 2.75) is 46.6 Å². The van der Waals surface area contributed by atoms with E-state index >= 15 is 0 Å². The van der Waals surface area contributed by atoms with Gasteiger partial charge in [0.1, 0.15) is 0 Å². The highest BCUT2D eigenvalue weighted by Gasteiger charge is 2.20. The molecule has 0 unspecified atom stereocenters. The minimum absolute atomic E-state index is 0.881. The second kappa shape index (κ2) is 7.06. The molecule has 1 fully saturated rings. The fourth-order valence-corrected chi connectivity index (χ4v) is 2.27. The van der Waals surface area contributed by atoms with Gasteiger partial charge in [0.15, 0.2) is 0 Å². The fraction of sp³-hybridized carbons (Fsp3) is 0.647. The monoisotopic (exact) mass is 261 g/mol. The van der Waals surface area contributed by atoms with Crippen molar-refractivity contribution in [2.75, 3.05) is 19.8 Å². The Balaban J connectivity index is 1.60. The van der Waals surface area contributed by atoms with Crippen molar-refractivity contribution in [3.8, 4) is 0 Å². The van der Waals surface area contributed by atoms with E-state index in [1.165, 1.54) is 35.1 Å². The average Bonchev–Trinajstić information content (AvgIpc) is 3.18. The van der Waals surface area contributed by atoms with E-state index in [0.29, 0.717) is 0 Å². The van der Waals surface area contributed by atoms with Crippen LogP contribution < -0.4 is 5.32 Å². The van der Waals surface area contributed by atoms with Crippen molar-refractivity contribution >= 4 is 0 Å². The summed E-state index contributed by atoms with van der Waals surface area (Å²) in [5.74, 6) is 0.881. The van der Waals surface area contributed by atoms with Crippen LogP contribution in [0.3, 0.4) is 0 Å². The lowest BCUT2D eigenvalue weighted by Gasteiger charge is -2.11. The molecule has 0 radical (unpaired) electrons. The first-order chi connectivity index (χ1) is 9.16. The zero-order valence-electron chi connectivity index (χ0n) is 12.6. The van der Waals surface area contributed by atoms with Crippen molar-refractivity contribution in [1.82, 2.24) is 5.32 Å². The predicted octanol–water partition coefficient (Wildman–Crippen LogP) is 3.52. The molecule has 1 aromatic rings. The van der Waals surface area contributed by atoms with Crippen LogP contribution in [-0.4, -0.2) is 19.8 Å². The molecule has 0 saturated heterocycles. The van der Waals surface area contributed by atoms with Crippen LogP contribution in [0.5, 0.6) is 0 Å². The van der Waals surface area contributed by atoms with Gasteiger partial charge in [-0.25, -0.2) is 0 Å². The Hall–Kier alpha value is -0.860. The first kappa shape index (κ1) is 14.5. The number of hydrogen-bond donors (Lipinski definition) is 1. The molecule has 1 aromatic carbocycles. The molecule has 1 aliphatic carbocycles. The van der Waals surface area contributed by atoms with Gasteiger partial charge < -0.3 is 10.1 Å². The lowest BCUT2D eigenvalue weighted by Crippen LogP contribution is -2.17. The second-order valence-corrected chi connectivity index (χ2v) is 5.91. The molecule has 0 heterocycles. The van der Waals surface area contributed by atoms with Gasteiger partial charge >= 0.3 is 0 Å². The number of ether oxygens (including phenoxy) is 1. The van der Waals surface area contributed by atoms with Crippen molar-refractivity contribution in [3.05, 3.63) is 34.4 Å². The molecule has 0 atom stereocenters. The van der Waals surface area contributed by atoms with Crippen LogP contribution in [0, 0.1) is 26.7 Å². The van der Waals surface area contributed by atoms with Gasteiger partial charge in [-0.3, -0.25) is 0 Å². The van der Waals surface area contributed by atoms with Gasteiger partial charge in [-0.2, -0.15) is 0 Å². The van der Waals surface area contributed by atoms with Gasteiger partial charge in [0.2, 0.25) is 0 Å². The summed E-state index contributed by atoms with van der Waals surface area (Å²) in [7, 11) is 0. The van der Waals surface area contributed by atoms with Gasteiger partial charge in [-0.1, -0.05) is 12.1 Å². The third kappa shape index (κ3) is 4.96. The van der Waals surface area contributed by atoms with E-state index < -0.39 is 0 Å². The van der Waals surface area contributed by atoms with Gasteiger partial charge in [0.05, 0.1) is 0 Å². The number of aryl methyl sites for hydroxylation is 3. The highest BCUT2D eigenvalue weighted by Crippen LogP contribution is 2.28. The van der Waals surface area contributed by atoms with Crippen molar-refractivity contribution in [2.24, 2.45) is 5.92 Å². The van der Waals surface area contributed by atoms with Crippen LogP contribution in [0.15, 0.2) is 12.1 Å².